The third kappa shape index (κ3) is 7.68. The van der Waals surface area contributed by atoms with Gasteiger partial charge in [0.05, 0.1) is 35.5 Å². The van der Waals surface area contributed by atoms with E-state index in [-0.39, 0.29) is 5.41 Å². The molecule has 2 aromatic carbocycles. The van der Waals surface area contributed by atoms with Crippen LogP contribution in [0.3, 0.4) is 0 Å². The van der Waals surface area contributed by atoms with Crippen LogP contribution in [0.4, 0.5) is 0 Å². The van der Waals surface area contributed by atoms with Crippen molar-refractivity contribution in [3.8, 4) is 28.7 Å². The Morgan fingerprint density at radius 1 is 0.811 bits per heavy atom. The molecule has 2 aromatic rings. The first-order chi connectivity index (χ1) is 17.8. The van der Waals surface area contributed by atoms with E-state index in [1.807, 2.05) is 6.07 Å². The molecule has 0 spiro atoms. The molecule has 0 aliphatic carbocycles. The SMILES string of the molecule is CCNCC(CCCN(C)CCc1ccc(OC)c(OC)c1)(c1cc(OC)c(OC)c(OC)c1)C(C)C. The van der Waals surface area contributed by atoms with Crippen LogP contribution in [0.2, 0.25) is 0 Å². The van der Waals surface area contributed by atoms with Crippen LogP contribution in [-0.2, 0) is 11.8 Å². The quantitative estimate of drug-likeness (QED) is 0.311. The van der Waals surface area contributed by atoms with Crippen LogP contribution >= 0.6 is 0 Å². The Kier molecular flexibility index (Phi) is 12.3. The zero-order valence-electron chi connectivity index (χ0n) is 24.4. The van der Waals surface area contributed by atoms with Crippen molar-refractivity contribution in [2.24, 2.45) is 5.92 Å². The monoisotopic (exact) mass is 516 g/mol. The van der Waals surface area contributed by atoms with Crippen LogP contribution in [0.15, 0.2) is 30.3 Å². The Morgan fingerprint density at radius 3 is 1.95 bits per heavy atom. The Labute approximate surface area is 224 Å². The molecule has 1 N–H and O–H groups in total. The first-order valence-electron chi connectivity index (χ1n) is 13.2. The molecule has 0 saturated heterocycles. The van der Waals surface area contributed by atoms with E-state index in [2.05, 4.69) is 62.3 Å². The van der Waals surface area contributed by atoms with Gasteiger partial charge in [0.2, 0.25) is 5.75 Å². The van der Waals surface area contributed by atoms with Crippen molar-refractivity contribution in [1.29, 1.82) is 0 Å². The van der Waals surface area contributed by atoms with E-state index in [4.69, 9.17) is 23.7 Å². The first kappa shape index (κ1) is 30.6. The van der Waals surface area contributed by atoms with E-state index in [9.17, 15) is 0 Å². The van der Waals surface area contributed by atoms with Crippen LogP contribution < -0.4 is 29.0 Å². The summed E-state index contributed by atoms with van der Waals surface area (Å²) in [6.45, 7) is 10.6. The average molecular weight is 517 g/mol. The molecule has 0 aliphatic rings. The van der Waals surface area contributed by atoms with Crippen LogP contribution in [0.25, 0.3) is 0 Å². The van der Waals surface area contributed by atoms with Crippen molar-refractivity contribution in [3.05, 3.63) is 41.5 Å². The molecular weight excluding hydrogens is 468 g/mol. The fourth-order valence-electron chi connectivity index (χ4n) is 5.01. The van der Waals surface area contributed by atoms with Gasteiger partial charge in [0.25, 0.3) is 0 Å². The normalized spacial score (nSPS) is 12.9. The third-order valence-corrected chi connectivity index (χ3v) is 7.43. The number of likely N-dealkylation sites (N-methyl/N-ethyl adjacent to an activating group) is 2. The minimum Gasteiger partial charge on any atom is -0.493 e. The number of methoxy groups -OCH3 is 5. The second-order valence-electron chi connectivity index (χ2n) is 9.85. The number of hydrogen-bond donors (Lipinski definition) is 1. The van der Waals surface area contributed by atoms with Gasteiger partial charge in [0, 0.05) is 18.5 Å². The number of ether oxygens (including phenoxy) is 5. The molecular formula is C30H48N2O5. The highest BCUT2D eigenvalue weighted by atomic mass is 16.5. The molecule has 7 nitrogen and oxygen atoms in total. The van der Waals surface area contributed by atoms with Gasteiger partial charge in [-0.05, 0) is 80.7 Å². The molecule has 0 radical (unpaired) electrons. The Hall–Kier alpha value is -2.64. The fourth-order valence-corrected chi connectivity index (χ4v) is 5.01. The van der Waals surface area contributed by atoms with Gasteiger partial charge in [0.15, 0.2) is 23.0 Å². The molecule has 208 valence electrons. The van der Waals surface area contributed by atoms with Crippen molar-refractivity contribution in [2.75, 3.05) is 68.8 Å². The van der Waals surface area contributed by atoms with E-state index < -0.39 is 0 Å². The summed E-state index contributed by atoms with van der Waals surface area (Å²) in [5, 5.41) is 3.63. The highest BCUT2D eigenvalue weighted by Gasteiger charge is 2.36. The second kappa shape index (κ2) is 14.9. The molecule has 0 heterocycles. The van der Waals surface area contributed by atoms with Gasteiger partial charge in [-0.3, -0.25) is 0 Å². The summed E-state index contributed by atoms with van der Waals surface area (Å²) in [4.78, 5) is 2.41. The summed E-state index contributed by atoms with van der Waals surface area (Å²) in [5.41, 5.74) is 2.38. The summed E-state index contributed by atoms with van der Waals surface area (Å²) in [6, 6.07) is 10.4. The van der Waals surface area contributed by atoms with Crippen molar-refractivity contribution < 1.29 is 23.7 Å². The molecule has 37 heavy (non-hydrogen) atoms. The number of benzene rings is 2. The van der Waals surface area contributed by atoms with Crippen molar-refractivity contribution in [2.45, 2.75) is 45.4 Å². The zero-order chi connectivity index (χ0) is 27.4. The van der Waals surface area contributed by atoms with Gasteiger partial charge in [-0.15, -0.1) is 0 Å². The molecule has 0 saturated carbocycles. The van der Waals surface area contributed by atoms with Crippen molar-refractivity contribution in [1.82, 2.24) is 10.2 Å². The molecule has 0 aliphatic heterocycles. The second-order valence-corrected chi connectivity index (χ2v) is 9.85. The minimum atomic E-state index is -0.0764. The molecule has 1 unspecified atom stereocenters. The molecule has 0 aromatic heterocycles. The topological polar surface area (TPSA) is 61.4 Å². The minimum absolute atomic E-state index is 0.0764. The summed E-state index contributed by atoms with van der Waals surface area (Å²) < 4.78 is 27.8. The van der Waals surface area contributed by atoms with Gasteiger partial charge in [0.1, 0.15) is 0 Å². The van der Waals surface area contributed by atoms with E-state index in [0.717, 1.165) is 56.9 Å². The number of hydrogen-bond acceptors (Lipinski definition) is 7. The van der Waals surface area contributed by atoms with Crippen LogP contribution in [0.1, 0.15) is 44.7 Å². The number of rotatable bonds is 17. The Balaban J connectivity index is 2.17. The van der Waals surface area contributed by atoms with Gasteiger partial charge in [-0.1, -0.05) is 26.8 Å². The van der Waals surface area contributed by atoms with Gasteiger partial charge < -0.3 is 33.9 Å². The Bertz CT molecular complexity index is 940. The lowest BCUT2D eigenvalue weighted by Gasteiger charge is -2.40. The van der Waals surface area contributed by atoms with E-state index >= 15 is 0 Å². The van der Waals surface area contributed by atoms with Crippen LogP contribution in [0, 0.1) is 5.92 Å². The summed E-state index contributed by atoms with van der Waals surface area (Å²) in [6.07, 6.45) is 3.07. The number of nitrogens with zero attached hydrogens (tertiary/aromatic N) is 1. The summed E-state index contributed by atoms with van der Waals surface area (Å²) >= 11 is 0. The lowest BCUT2D eigenvalue weighted by Crippen LogP contribution is -2.43. The smallest absolute Gasteiger partial charge is 0.203 e. The van der Waals surface area contributed by atoms with E-state index in [1.54, 1.807) is 35.5 Å². The lowest BCUT2D eigenvalue weighted by atomic mass is 9.68. The van der Waals surface area contributed by atoms with Crippen molar-refractivity contribution in [3.63, 3.8) is 0 Å². The molecule has 2 rings (SSSR count). The standard InChI is InChI=1S/C30H48N2O5/c1-10-31-21-30(22(2)3,24-19-27(35-7)29(37-9)28(20-24)36-8)15-11-16-32(4)17-14-23-12-13-25(33-5)26(18-23)34-6/h12-13,18-20,22,31H,10-11,14-17,21H2,1-9H3. The van der Waals surface area contributed by atoms with Gasteiger partial charge in [-0.2, -0.15) is 0 Å². The maximum Gasteiger partial charge on any atom is 0.203 e. The maximum absolute atomic E-state index is 5.70. The first-order valence-corrected chi connectivity index (χ1v) is 13.2. The molecule has 0 bridgehead atoms. The predicted octanol–water partition coefficient (Wildman–Crippen LogP) is 5.19. The zero-order valence-corrected chi connectivity index (χ0v) is 24.4. The lowest BCUT2D eigenvalue weighted by molar-refractivity contribution is 0.240. The largest absolute Gasteiger partial charge is 0.493 e. The van der Waals surface area contributed by atoms with Crippen LogP contribution in [-0.4, -0.2) is 73.7 Å². The highest BCUT2D eigenvalue weighted by Crippen LogP contribution is 2.45. The van der Waals surface area contributed by atoms with Crippen molar-refractivity contribution >= 4 is 0 Å². The van der Waals surface area contributed by atoms with E-state index in [0.29, 0.717) is 23.2 Å². The number of nitrogens with one attached hydrogen (secondary N) is 1. The molecule has 0 amide bonds. The third-order valence-electron chi connectivity index (χ3n) is 7.43. The average Bonchev–Trinajstić information content (AvgIpc) is 2.92. The van der Waals surface area contributed by atoms with Gasteiger partial charge in [-0.25, -0.2) is 0 Å². The molecule has 0 fully saturated rings. The predicted molar refractivity (Wildman–Crippen MR) is 151 cm³/mol. The molecule has 7 heteroatoms. The molecule has 1 atom stereocenters. The summed E-state index contributed by atoms with van der Waals surface area (Å²) in [7, 11) is 10.5. The maximum atomic E-state index is 5.70. The van der Waals surface area contributed by atoms with E-state index in [1.165, 1.54) is 11.1 Å². The van der Waals surface area contributed by atoms with Gasteiger partial charge >= 0.3 is 0 Å². The highest BCUT2D eigenvalue weighted by molar-refractivity contribution is 5.55. The van der Waals surface area contributed by atoms with Crippen LogP contribution in [0.5, 0.6) is 28.7 Å². The fraction of sp³-hybridized carbons (Fsp3) is 0.600. The Morgan fingerprint density at radius 2 is 1.43 bits per heavy atom. The summed E-state index contributed by atoms with van der Waals surface area (Å²) in [5.74, 6) is 3.97.